The number of halogens is 2. The number of esters is 1. The van der Waals surface area contributed by atoms with Gasteiger partial charge in [0.15, 0.2) is 12.4 Å². The van der Waals surface area contributed by atoms with E-state index in [0.717, 1.165) is 18.4 Å². The number of aryl methyl sites for hydroxylation is 2. The minimum Gasteiger partial charge on any atom is -1.00 e. The Morgan fingerprint density at radius 1 is 0.826 bits per heavy atom. The highest BCUT2D eigenvalue weighted by atomic mass is 35.5. The zero-order chi connectivity index (χ0) is 31.4. The van der Waals surface area contributed by atoms with Crippen LogP contribution in [0.4, 0.5) is 0 Å². The van der Waals surface area contributed by atoms with E-state index in [2.05, 4.69) is 54.9 Å². The van der Waals surface area contributed by atoms with Crippen molar-refractivity contribution in [1.82, 2.24) is 4.90 Å². The van der Waals surface area contributed by atoms with Crippen LogP contribution < -0.4 is 17.0 Å². The lowest BCUT2D eigenvalue weighted by molar-refractivity contribution is -0.697. The van der Waals surface area contributed by atoms with Crippen molar-refractivity contribution in [3.8, 4) is 0 Å². The molecule has 5 nitrogen and oxygen atoms in total. The second-order valence-corrected chi connectivity index (χ2v) is 13.4. The molecule has 3 heterocycles. The summed E-state index contributed by atoms with van der Waals surface area (Å²) >= 11 is 0. The van der Waals surface area contributed by atoms with Crippen LogP contribution in [0.15, 0.2) is 54.9 Å². The number of aliphatic hydroxyl groups excluding tert-OH is 1. The number of benzene rings is 1. The van der Waals surface area contributed by atoms with Crippen LogP contribution in [-0.2, 0) is 16.1 Å². The molecule has 2 aliphatic rings. The van der Waals surface area contributed by atoms with Gasteiger partial charge in [0.05, 0.1) is 6.61 Å². The van der Waals surface area contributed by atoms with Crippen molar-refractivity contribution < 1.29 is 31.6 Å². The molecule has 7 heteroatoms. The van der Waals surface area contributed by atoms with Crippen LogP contribution in [0, 0.1) is 6.92 Å². The minimum absolute atomic E-state index is 0. The molecule has 0 spiro atoms. The zero-order valence-corrected chi connectivity index (χ0v) is 30.7. The normalized spacial score (nSPS) is 19.3. The van der Waals surface area contributed by atoms with Gasteiger partial charge < -0.3 is 27.2 Å². The molecule has 262 valence electrons. The van der Waals surface area contributed by atoms with Gasteiger partial charge in [0.25, 0.3) is 0 Å². The fraction of sp³-hybridized carbons (Fsp3) is 0.692. The number of piperidine rings is 1. The molecule has 1 aromatic heterocycles. The number of carbonyl (C=O) groups excluding carboxylic acids is 1. The molecule has 1 aromatic carbocycles. The van der Waals surface area contributed by atoms with E-state index in [1.807, 2.05) is 30.3 Å². The summed E-state index contributed by atoms with van der Waals surface area (Å²) in [7, 11) is 2.17. The van der Waals surface area contributed by atoms with E-state index in [9.17, 15) is 9.90 Å². The number of aliphatic hydroxyl groups is 1. The SMILES string of the molecule is CCCCCCCCCCCCCCCC[n+]1ccc(C)cc1.CN1C2CCC1CC(OC(=O)C(CO)c1ccccc1)C2.Cl.[Cl-]. The Hall–Kier alpha value is -1.66. The highest BCUT2D eigenvalue weighted by Crippen LogP contribution is 2.36. The van der Waals surface area contributed by atoms with Crippen molar-refractivity contribution >= 4 is 18.4 Å². The molecule has 0 aliphatic carbocycles. The summed E-state index contributed by atoms with van der Waals surface area (Å²) in [5.41, 5.74) is 2.17. The maximum Gasteiger partial charge on any atom is 0.316 e. The van der Waals surface area contributed by atoms with E-state index < -0.39 is 5.92 Å². The number of ether oxygens (including phenoxy) is 1. The number of hydrogen-bond acceptors (Lipinski definition) is 4. The monoisotopic (exact) mass is 678 g/mol. The lowest BCUT2D eigenvalue weighted by atomic mass is 9.98. The van der Waals surface area contributed by atoms with Crippen LogP contribution in [0.1, 0.15) is 140 Å². The summed E-state index contributed by atoms with van der Waals surface area (Å²) in [6.07, 6.45) is 28.7. The Balaban J connectivity index is 0.000000442. The summed E-state index contributed by atoms with van der Waals surface area (Å²) < 4.78 is 8.02. The Bertz CT molecular complexity index is 1010. The maximum absolute atomic E-state index is 12.4. The fourth-order valence-corrected chi connectivity index (χ4v) is 6.88. The number of fused-ring (bicyclic) bond motifs is 2. The van der Waals surface area contributed by atoms with Crippen LogP contribution in [-0.4, -0.2) is 47.8 Å². The predicted molar refractivity (Wildman–Crippen MR) is 189 cm³/mol. The molecular weight excluding hydrogens is 615 g/mol. The standard InChI is InChI=1S/C22H40N.C17H23NO3.2ClH/c1-3-4-5-6-7-8-9-10-11-12-13-14-15-16-19-23-20-17-22(2)18-21-23;1-18-13-7-8-14(18)10-15(9-13)21-17(20)16(11-19)12-5-3-2-4-6-12;;/h17-18,20-21H,3-16,19H2,1-2H3;2-6,13-16,19H,7-11H2,1H3;2*1H/q+1;;;/p-1. The largest absolute Gasteiger partial charge is 1.00 e. The van der Waals surface area contributed by atoms with Crippen molar-refractivity contribution in [2.75, 3.05) is 13.7 Å². The van der Waals surface area contributed by atoms with Crippen molar-refractivity contribution in [3.63, 3.8) is 0 Å². The van der Waals surface area contributed by atoms with Gasteiger partial charge in [-0.1, -0.05) is 114 Å². The van der Waals surface area contributed by atoms with Crippen LogP contribution in [0.2, 0.25) is 0 Å². The van der Waals surface area contributed by atoms with E-state index in [1.165, 1.54) is 115 Å². The third-order valence-corrected chi connectivity index (χ3v) is 9.83. The fourth-order valence-electron chi connectivity index (χ4n) is 6.88. The number of unbranched alkanes of at least 4 members (excludes halogenated alkanes) is 13. The molecule has 0 amide bonds. The molecule has 46 heavy (non-hydrogen) atoms. The van der Waals surface area contributed by atoms with Crippen LogP contribution >= 0.6 is 12.4 Å². The number of nitrogens with zero attached hydrogens (tertiary/aromatic N) is 2. The summed E-state index contributed by atoms with van der Waals surface area (Å²) in [5.74, 6) is -0.860. The van der Waals surface area contributed by atoms with Gasteiger partial charge in [-0.05, 0) is 57.2 Å². The molecule has 2 saturated heterocycles. The molecule has 3 atom stereocenters. The van der Waals surface area contributed by atoms with Crippen LogP contribution in [0.5, 0.6) is 0 Å². The molecule has 2 fully saturated rings. The Morgan fingerprint density at radius 2 is 1.30 bits per heavy atom. The zero-order valence-electron chi connectivity index (χ0n) is 29.1. The van der Waals surface area contributed by atoms with E-state index in [1.54, 1.807) is 0 Å². The van der Waals surface area contributed by atoms with Gasteiger partial charge >= 0.3 is 5.97 Å². The second-order valence-electron chi connectivity index (χ2n) is 13.4. The van der Waals surface area contributed by atoms with Gasteiger partial charge in [-0.2, -0.15) is 0 Å². The lowest BCUT2D eigenvalue weighted by Gasteiger charge is -2.36. The van der Waals surface area contributed by atoms with E-state index in [0.29, 0.717) is 12.1 Å². The molecule has 4 rings (SSSR count). The number of rotatable bonds is 19. The predicted octanol–water partition coefficient (Wildman–Crippen LogP) is 6.12. The van der Waals surface area contributed by atoms with Gasteiger partial charge in [-0.15, -0.1) is 12.4 Å². The third kappa shape index (κ3) is 16.0. The van der Waals surface area contributed by atoms with Crippen molar-refractivity contribution in [3.05, 3.63) is 66.0 Å². The topological polar surface area (TPSA) is 53.7 Å². The maximum atomic E-state index is 12.4. The van der Waals surface area contributed by atoms with Crippen LogP contribution in [0.3, 0.4) is 0 Å². The van der Waals surface area contributed by atoms with Crippen molar-refractivity contribution in [2.45, 2.75) is 160 Å². The molecule has 2 aliphatic heterocycles. The highest BCUT2D eigenvalue weighted by molar-refractivity contribution is 5.85. The number of pyridine rings is 1. The lowest BCUT2D eigenvalue weighted by Crippen LogP contribution is -3.00. The summed E-state index contributed by atoms with van der Waals surface area (Å²) in [4.78, 5) is 14.8. The van der Waals surface area contributed by atoms with E-state index >= 15 is 0 Å². The molecular formula is C39H64Cl2N2O3. The first-order valence-corrected chi connectivity index (χ1v) is 18.1. The minimum atomic E-state index is -0.566. The van der Waals surface area contributed by atoms with Gasteiger partial charge in [-0.3, -0.25) is 4.79 Å². The van der Waals surface area contributed by atoms with E-state index in [4.69, 9.17) is 4.74 Å². The number of hydrogen-bond donors (Lipinski definition) is 1. The van der Waals surface area contributed by atoms with Crippen molar-refractivity contribution in [1.29, 1.82) is 0 Å². The smallest absolute Gasteiger partial charge is 0.316 e. The Kier molecular flexibility index (Phi) is 23.4. The third-order valence-electron chi connectivity index (χ3n) is 9.83. The Morgan fingerprint density at radius 3 is 1.78 bits per heavy atom. The Labute approximate surface area is 293 Å². The first-order valence-electron chi connectivity index (χ1n) is 18.1. The van der Waals surface area contributed by atoms with E-state index in [-0.39, 0.29) is 43.5 Å². The molecule has 0 radical (unpaired) electrons. The molecule has 2 aromatic rings. The average Bonchev–Trinajstić information content (AvgIpc) is 3.22. The van der Waals surface area contributed by atoms with Crippen molar-refractivity contribution in [2.24, 2.45) is 0 Å². The average molecular weight is 680 g/mol. The number of carbonyl (C=O) groups is 1. The molecule has 1 N–H and O–H groups in total. The summed E-state index contributed by atoms with van der Waals surface area (Å²) in [5, 5.41) is 9.53. The summed E-state index contributed by atoms with van der Waals surface area (Å²) in [6.45, 7) is 5.42. The molecule has 0 saturated carbocycles. The summed E-state index contributed by atoms with van der Waals surface area (Å²) in [6, 6.07) is 14.9. The molecule has 2 bridgehead atoms. The van der Waals surface area contributed by atoms with Gasteiger partial charge in [-0.25, -0.2) is 4.57 Å². The second kappa shape index (κ2) is 25.4. The first-order chi connectivity index (χ1) is 21.5. The number of aromatic nitrogens is 1. The van der Waals surface area contributed by atoms with Crippen LogP contribution in [0.25, 0.3) is 0 Å². The molecule has 3 unspecified atom stereocenters. The highest BCUT2D eigenvalue weighted by Gasteiger charge is 2.40. The van der Waals surface area contributed by atoms with Gasteiger partial charge in [0.2, 0.25) is 0 Å². The quantitative estimate of drug-likeness (QED) is 0.111. The first kappa shape index (κ1) is 42.4. The van der Waals surface area contributed by atoms with Gasteiger partial charge in [0.1, 0.15) is 18.6 Å². The van der Waals surface area contributed by atoms with Gasteiger partial charge in [0, 0.05) is 30.6 Å².